The van der Waals surface area contributed by atoms with Crippen LogP contribution in [0.4, 0.5) is 0 Å². The van der Waals surface area contributed by atoms with Gasteiger partial charge in [0.1, 0.15) is 0 Å². The third kappa shape index (κ3) is 6.12. The first kappa shape index (κ1) is 30.2. The monoisotopic (exact) mass is 611 g/mol. The van der Waals surface area contributed by atoms with Crippen molar-refractivity contribution in [3.05, 3.63) is 153 Å². The summed E-state index contributed by atoms with van der Waals surface area (Å²) in [7, 11) is 0. The number of hydrogen-bond donors (Lipinski definition) is 0. The zero-order chi connectivity index (χ0) is 25.3. The van der Waals surface area contributed by atoms with Crippen LogP contribution in [0, 0.1) is 19.3 Å². The van der Waals surface area contributed by atoms with E-state index in [9.17, 15) is 0 Å². The Morgan fingerprint density at radius 2 is 1.47 bits per heavy atom. The first-order chi connectivity index (χ1) is 17.3. The summed E-state index contributed by atoms with van der Waals surface area (Å²) in [6, 6.07) is 25.6. The van der Waals surface area contributed by atoms with Gasteiger partial charge in [0.25, 0.3) is 0 Å². The van der Waals surface area contributed by atoms with Crippen LogP contribution in [0.15, 0.2) is 120 Å². The topological polar surface area (TPSA) is 0 Å². The van der Waals surface area contributed by atoms with Crippen molar-refractivity contribution in [2.45, 2.75) is 34.1 Å². The minimum atomic E-state index is 0. The van der Waals surface area contributed by atoms with Crippen LogP contribution in [0.25, 0.3) is 11.6 Å². The maximum absolute atomic E-state index is 3.72. The Morgan fingerprint density at radius 1 is 0.868 bits per heavy atom. The van der Waals surface area contributed by atoms with Gasteiger partial charge in [0.2, 0.25) is 0 Å². The average molecular weight is 614 g/mol. The number of halogens is 2. The third-order valence-electron chi connectivity index (χ3n) is 7.06. The van der Waals surface area contributed by atoms with Gasteiger partial charge in [-0.25, -0.2) is 0 Å². The van der Waals surface area contributed by atoms with Crippen molar-refractivity contribution < 1.29 is 49.0 Å². The van der Waals surface area contributed by atoms with Gasteiger partial charge < -0.3 is 24.8 Å². The Morgan fingerprint density at radius 3 is 2.03 bits per heavy atom. The molecule has 0 atom stereocenters. The first-order valence-electron chi connectivity index (χ1n) is 12.6. The number of hydrogen-bond acceptors (Lipinski definition) is 0. The number of allylic oxidation sites excluding steroid dienone is 8. The van der Waals surface area contributed by atoms with Crippen molar-refractivity contribution in [1.29, 1.82) is 0 Å². The summed E-state index contributed by atoms with van der Waals surface area (Å²) in [5.74, 6) is 0. The average Bonchev–Trinajstić information content (AvgIpc) is 3.52. The van der Waals surface area contributed by atoms with Gasteiger partial charge in [-0.05, 0) is 25.7 Å². The van der Waals surface area contributed by atoms with Crippen molar-refractivity contribution in [3.63, 3.8) is 0 Å². The molecule has 0 fully saturated rings. The maximum atomic E-state index is 3.72. The molecule has 0 spiro atoms. The molecule has 3 heteroatoms. The van der Waals surface area contributed by atoms with E-state index in [1.54, 1.807) is 0 Å². The van der Waals surface area contributed by atoms with Crippen LogP contribution in [0.1, 0.15) is 42.5 Å². The predicted octanol–water partition coefficient (Wildman–Crippen LogP) is 0.714. The van der Waals surface area contributed by atoms with Gasteiger partial charge in [0.05, 0.1) is 0 Å². The Kier molecular flexibility index (Phi) is 10.1. The molecule has 0 saturated heterocycles. The molecule has 3 aromatic carbocycles. The molecule has 6 rings (SSSR count). The molecule has 0 heterocycles. The van der Waals surface area contributed by atoms with E-state index in [0.29, 0.717) is 0 Å². The van der Waals surface area contributed by atoms with Crippen molar-refractivity contribution in [3.8, 4) is 0 Å². The van der Waals surface area contributed by atoms with E-state index in [-0.39, 0.29) is 30.2 Å². The predicted molar refractivity (Wildman–Crippen MR) is 150 cm³/mol. The quantitative estimate of drug-likeness (QED) is 0.382. The SMILES string of the molecule is Cc1cc(C)c2c(c1)=[C-]C1=C(C3=CC=CC3)C(C)(C)C=CC=21.[Cl-].[Cl-].[Zr+2]=[C](c1ccccc1)c1ccccc1. The minimum absolute atomic E-state index is 0. The summed E-state index contributed by atoms with van der Waals surface area (Å²) in [5.41, 5.74) is 11.0. The van der Waals surface area contributed by atoms with E-state index in [0.717, 1.165) is 6.42 Å². The van der Waals surface area contributed by atoms with Crippen LogP contribution in [0.2, 0.25) is 0 Å². The van der Waals surface area contributed by atoms with Crippen LogP contribution in [0.5, 0.6) is 0 Å². The molecular weight excluding hydrogens is 583 g/mol. The van der Waals surface area contributed by atoms with Gasteiger partial charge in [0, 0.05) is 0 Å². The molecule has 3 aliphatic rings. The van der Waals surface area contributed by atoms with E-state index in [4.69, 9.17) is 0 Å². The van der Waals surface area contributed by atoms with Crippen LogP contribution >= 0.6 is 0 Å². The molecule has 0 unspecified atom stereocenters. The second-order valence-electron chi connectivity index (χ2n) is 10.3. The fourth-order valence-corrected chi connectivity index (χ4v) is 6.21. The Hall–Kier alpha value is -2.31. The third-order valence-corrected chi connectivity index (χ3v) is 8.48. The number of fused-ring (bicyclic) bond motifs is 2. The molecular formula is C35H31Cl2Zr-. The van der Waals surface area contributed by atoms with E-state index in [1.807, 2.05) is 0 Å². The summed E-state index contributed by atoms with van der Waals surface area (Å²) < 4.78 is 1.42. The van der Waals surface area contributed by atoms with Gasteiger partial charge in [-0.2, -0.15) is 0 Å². The van der Waals surface area contributed by atoms with Gasteiger partial charge in [-0.3, -0.25) is 0 Å². The van der Waals surface area contributed by atoms with Gasteiger partial charge in [-0.1, -0.05) is 72.6 Å². The van der Waals surface area contributed by atoms with Gasteiger partial charge in [-0.15, -0.1) is 33.7 Å². The summed E-state index contributed by atoms with van der Waals surface area (Å²) in [6.45, 7) is 9.00. The van der Waals surface area contributed by atoms with Crippen molar-refractivity contribution in [2.24, 2.45) is 5.41 Å². The van der Waals surface area contributed by atoms with E-state index >= 15 is 0 Å². The van der Waals surface area contributed by atoms with E-state index in [1.165, 1.54) is 82.4 Å². The van der Waals surface area contributed by atoms with Crippen LogP contribution in [-0.2, 0) is 24.2 Å². The number of aryl methyl sites for hydroxylation is 2. The molecule has 0 N–H and O–H groups in total. The van der Waals surface area contributed by atoms with Crippen LogP contribution in [-0.4, -0.2) is 3.21 Å². The Bertz CT molecular complexity index is 1540. The molecule has 38 heavy (non-hydrogen) atoms. The Balaban J connectivity index is 0.000000219. The van der Waals surface area contributed by atoms with Gasteiger partial charge in [0.15, 0.2) is 0 Å². The first-order valence-corrected chi connectivity index (χ1v) is 13.8. The van der Waals surface area contributed by atoms with Crippen molar-refractivity contribution in [1.82, 2.24) is 0 Å². The molecule has 3 aliphatic carbocycles. The normalized spacial score (nSPS) is 15.7. The van der Waals surface area contributed by atoms with E-state index < -0.39 is 0 Å². The second kappa shape index (κ2) is 12.7. The molecule has 0 amide bonds. The fourth-order valence-electron chi connectivity index (χ4n) is 5.40. The summed E-state index contributed by atoms with van der Waals surface area (Å²) in [4.78, 5) is 0. The molecule has 0 bridgehead atoms. The number of benzene rings is 3. The molecule has 0 nitrogen and oxygen atoms in total. The molecule has 190 valence electrons. The number of rotatable bonds is 3. The summed E-state index contributed by atoms with van der Waals surface area (Å²) in [5, 5.41) is 2.63. The molecule has 3 aromatic rings. The van der Waals surface area contributed by atoms with E-state index in [2.05, 4.69) is 137 Å². The summed E-state index contributed by atoms with van der Waals surface area (Å²) in [6.07, 6.45) is 16.1. The fraction of sp³-hybridized carbons (Fsp3) is 0.171. The van der Waals surface area contributed by atoms with Crippen LogP contribution < -0.4 is 35.3 Å². The van der Waals surface area contributed by atoms with Crippen LogP contribution in [0.3, 0.4) is 0 Å². The second-order valence-corrected chi connectivity index (χ2v) is 11.5. The zero-order valence-electron chi connectivity index (χ0n) is 22.3. The molecule has 0 radical (unpaired) electrons. The standard InChI is InChI=1S/C22H21.C13H10.2ClH.Zr/c1-14-11-15(2)20-17(12-14)13-19-18(20)9-10-22(3,4)21(19)16-7-5-6-8-16;1-3-7-12(8-4-1)11-13-9-5-2-6-10-13;;;/h5-7,9-12H,8H2,1-4H3;1-10H;2*1H;/q-1;;;;+2/p-2. The molecule has 0 saturated carbocycles. The van der Waals surface area contributed by atoms with Crippen molar-refractivity contribution in [2.75, 3.05) is 0 Å². The summed E-state index contributed by atoms with van der Waals surface area (Å²) >= 11 is 1.46. The van der Waals surface area contributed by atoms with Crippen molar-refractivity contribution >= 4 is 14.9 Å². The molecule has 0 aromatic heterocycles. The zero-order valence-corrected chi connectivity index (χ0v) is 26.2. The Labute approximate surface area is 254 Å². The molecule has 0 aliphatic heterocycles. The van der Waals surface area contributed by atoms with Gasteiger partial charge >= 0.3 is 99.2 Å².